The third-order valence-corrected chi connectivity index (χ3v) is 5.26. The molecule has 0 aromatic heterocycles. The average Bonchev–Trinajstić information content (AvgIpc) is 2.42. The fraction of sp³-hybridized carbons (Fsp3) is 0.625. The maximum Gasteiger partial charge on any atom is 0.0446 e. The Hall–Kier alpha value is -0.180. The largest absolute Gasteiger partial charge is 0.313 e. The van der Waals surface area contributed by atoms with Crippen molar-refractivity contribution >= 4 is 23.4 Å². The molecule has 0 spiro atoms. The van der Waals surface area contributed by atoms with Gasteiger partial charge in [-0.3, -0.25) is 0 Å². The molecule has 0 amide bonds. The summed E-state index contributed by atoms with van der Waals surface area (Å²) in [5.74, 6) is 1.00. The third kappa shape index (κ3) is 5.76. The van der Waals surface area contributed by atoms with Gasteiger partial charge in [-0.2, -0.15) is 11.8 Å². The first-order chi connectivity index (χ1) is 9.22. The lowest BCUT2D eigenvalue weighted by atomic mass is 10.1. The number of hydrogen-bond donors (Lipinski definition) is 1. The lowest BCUT2D eigenvalue weighted by Crippen LogP contribution is -2.37. The number of thioether (sulfide) groups is 1. The first-order valence-corrected chi connectivity index (χ1v) is 8.73. The Bertz CT molecular complexity index is 350. The number of hydrogen-bond acceptors (Lipinski definition) is 2. The minimum Gasteiger partial charge on any atom is -0.313 e. The predicted molar refractivity (Wildman–Crippen MR) is 89.2 cm³/mol. The zero-order valence-corrected chi connectivity index (χ0v) is 13.9. The molecule has 0 aliphatic heterocycles. The first-order valence-electron chi connectivity index (χ1n) is 7.31. The van der Waals surface area contributed by atoms with Gasteiger partial charge in [0.05, 0.1) is 0 Å². The second-order valence-electron chi connectivity index (χ2n) is 4.80. The molecular weight excluding hydrogens is 274 g/mol. The monoisotopic (exact) mass is 299 g/mol. The molecule has 0 bridgehead atoms. The second kappa shape index (κ2) is 9.68. The van der Waals surface area contributed by atoms with E-state index in [0.29, 0.717) is 11.3 Å². The second-order valence-corrected chi connectivity index (χ2v) is 6.44. The summed E-state index contributed by atoms with van der Waals surface area (Å²) in [6, 6.07) is 8.78. The van der Waals surface area contributed by atoms with Crippen molar-refractivity contribution in [1.29, 1.82) is 0 Å². The fourth-order valence-electron chi connectivity index (χ4n) is 2.32. The summed E-state index contributed by atoms with van der Waals surface area (Å²) in [6.45, 7) is 7.78. The Kier molecular flexibility index (Phi) is 8.60. The lowest BCUT2D eigenvalue weighted by molar-refractivity contribution is 0.465. The Labute approximate surface area is 127 Å². The average molecular weight is 300 g/mol. The van der Waals surface area contributed by atoms with E-state index in [1.54, 1.807) is 0 Å². The van der Waals surface area contributed by atoms with E-state index < -0.39 is 0 Å². The highest BCUT2D eigenvalue weighted by atomic mass is 35.5. The molecule has 19 heavy (non-hydrogen) atoms. The highest BCUT2D eigenvalue weighted by Crippen LogP contribution is 2.28. The Morgan fingerprint density at radius 2 is 1.95 bits per heavy atom. The molecule has 0 saturated heterocycles. The van der Waals surface area contributed by atoms with Crippen LogP contribution in [-0.2, 0) is 5.75 Å². The van der Waals surface area contributed by atoms with Crippen molar-refractivity contribution < 1.29 is 0 Å². The Balaban J connectivity index is 2.58. The van der Waals surface area contributed by atoms with Crippen molar-refractivity contribution in [1.82, 2.24) is 5.32 Å². The molecule has 3 heteroatoms. The van der Waals surface area contributed by atoms with Crippen molar-refractivity contribution in [2.75, 3.05) is 6.54 Å². The summed E-state index contributed by atoms with van der Waals surface area (Å²) in [5.41, 5.74) is 1.25. The van der Waals surface area contributed by atoms with E-state index in [2.05, 4.69) is 38.2 Å². The van der Waals surface area contributed by atoms with E-state index in [9.17, 15) is 0 Å². The van der Waals surface area contributed by atoms with Crippen LogP contribution in [0.25, 0.3) is 0 Å². The van der Waals surface area contributed by atoms with Gasteiger partial charge in [-0.15, -0.1) is 0 Å². The van der Waals surface area contributed by atoms with Gasteiger partial charge in [-0.1, -0.05) is 57.0 Å². The molecule has 1 aromatic rings. The van der Waals surface area contributed by atoms with Gasteiger partial charge in [0.2, 0.25) is 0 Å². The summed E-state index contributed by atoms with van der Waals surface area (Å²) in [5, 5.41) is 5.18. The van der Waals surface area contributed by atoms with Crippen LogP contribution < -0.4 is 5.32 Å². The molecule has 1 N–H and O–H groups in total. The number of rotatable bonds is 9. The van der Waals surface area contributed by atoms with Gasteiger partial charge in [-0.25, -0.2) is 0 Å². The SMILES string of the molecule is CCCC(NCC)C(CC)SCc1ccccc1Cl. The normalized spacial score (nSPS) is 14.3. The van der Waals surface area contributed by atoms with Crippen LogP contribution in [0.4, 0.5) is 0 Å². The van der Waals surface area contributed by atoms with Crippen LogP contribution in [-0.4, -0.2) is 17.8 Å². The van der Waals surface area contributed by atoms with Crippen LogP contribution in [0, 0.1) is 0 Å². The highest BCUT2D eigenvalue weighted by molar-refractivity contribution is 7.99. The van der Waals surface area contributed by atoms with E-state index in [-0.39, 0.29) is 0 Å². The van der Waals surface area contributed by atoms with Crippen LogP contribution in [0.15, 0.2) is 24.3 Å². The highest BCUT2D eigenvalue weighted by Gasteiger charge is 2.19. The van der Waals surface area contributed by atoms with E-state index in [1.807, 2.05) is 23.9 Å². The third-order valence-electron chi connectivity index (χ3n) is 3.33. The zero-order chi connectivity index (χ0) is 14.1. The maximum atomic E-state index is 6.22. The van der Waals surface area contributed by atoms with Gasteiger partial charge < -0.3 is 5.32 Å². The van der Waals surface area contributed by atoms with Crippen molar-refractivity contribution in [2.24, 2.45) is 0 Å². The van der Waals surface area contributed by atoms with E-state index in [1.165, 1.54) is 24.8 Å². The molecule has 1 rings (SSSR count). The quantitative estimate of drug-likeness (QED) is 0.678. The van der Waals surface area contributed by atoms with Gasteiger partial charge >= 0.3 is 0 Å². The molecule has 0 aliphatic carbocycles. The number of halogens is 1. The fourth-order valence-corrected chi connectivity index (χ4v) is 3.95. The first kappa shape index (κ1) is 16.9. The van der Waals surface area contributed by atoms with E-state index >= 15 is 0 Å². The van der Waals surface area contributed by atoms with Gasteiger partial charge in [0.25, 0.3) is 0 Å². The van der Waals surface area contributed by atoms with E-state index in [4.69, 9.17) is 11.6 Å². The predicted octanol–water partition coefficient (Wildman–Crippen LogP) is 5.13. The molecule has 0 heterocycles. The molecule has 1 nitrogen and oxygen atoms in total. The van der Waals surface area contributed by atoms with Crippen molar-refractivity contribution in [3.63, 3.8) is 0 Å². The van der Waals surface area contributed by atoms with Gasteiger partial charge in [0.15, 0.2) is 0 Å². The van der Waals surface area contributed by atoms with Crippen molar-refractivity contribution in [3.05, 3.63) is 34.9 Å². The number of benzene rings is 1. The number of nitrogens with one attached hydrogen (secondary N) is 1. The van der Waals surface area contributed by atoms with Gasteiger partial charge in [0.1, 0.15) is 0 Å². The molecule has 2 atom stereocenters. The Morgan fingerprint density at radius 1 is 1.21 bits per heavy atom. The van der Waals surface area contributed by atoms with Gasteiger partial charge in [-0.05, 0) is 31.0 Å². The molecule has 0 aliphatic rings. The van der Waals surface area contributed by atoms with Crippen LogP contribution in [0.2, 0.25) is 5.02 Å². The smallest absolute Gasteiger partial charge is 0.0446 e. The van der Waals surface area contributed by atoms with Crippen LogP contribution in [0.3, 0.4) is 0 Å². The molecule has 0 fully saturated rings. The summed E-state index contributed by atoms with van der Waals surface area (Å²) >= 11 is 8.25. The minimum absolute atomic E-state index is 0.618. The Morgan fingerprint density at radius 3 is 2.53 bits per heavy atom. The van der Waals surface area contributed by atoms with Crippen molar-refractivity contribution in [3.8, 4) is 0 Å². The van der Waals surface area contributed by atoms with Crippen LogP contribution >= 0.6 is 23.4 Å². The standard InChI is InChI=1S/C16H26ClNS/c1-4-9-15(18-6-3)16(5-2)19-12-13-10-7-8-11-14(13)17/h7-8,10-11,15-16,18H,4-6,9,12H2,1-3H3. The van der Waals surface area contributed by atoms with Crippen LogP contribution in [0.5, 0.6) is 0 Å². The minimum atomic E-state index is 0.618. The molecule has 108 valence electrons. The molecule has 0 radical (unpaired) electrons. The van der Waals surface area contributed by atoms with Gasteiger partial charge in [0, 0.05) is 22.1 Å². The molecular formula is C16H26ClNS. The zero-order valence-electron chi connectivity index (χ0n) is 12.3. The van der Waals surface area contributed by atoms with E-state index in [0.717, 1.165) is 17.3 Å². The summed E-state index contributed by atoms with van der Waals surface area (Å²) in [7, 11) is 0. The molecule has 0 saturated carbocycles. The maximum absolute atomic E-state index is 6.22. The molecule has 1 aromatic carbocycles. The summed E-state index contributed by atoms with van der Waals surface area (Å²) < 4.78 is 0. The summed E-state index contributed by atoms with van der Waals surface area (Å²) in [6.07, 6.45) is 3.69. The molecule has 2 unspecified atom stereocenters. The topological polar surface area (TPSA) is 12.0 Å². The van der Waals surface area contributed by atoms with Crippen LogP contribution in [0.1, 0.15) is 45.6 Å². The lowest BCUT2D eigenvalue weighted by Gasteiger charge is -2.26. The summed E-state index contributed by atoms with van der Waals surface area (Å²) in [4.78, 5) is 0. The van der Waals surface area contributed by atoms with Crippen molar-refractivity contribution in [2.45, 2.75) is 57.1 Å².